The van der Waals surface area contributed by atoms with E-state index in [2.05, 4.69) is 20.9 Å². The van der Waals surface area contributed by atoms with Crippen LogP contribution in [0.3, 0.4) is 0 Å². The van der Waals surface area contributed by atoms with E-state index in [4.69, 9.17) is 9.15 Å². The van der Waals surface area contributed by atoms with E-state index in [0.717, 1.165) is 0 Å². The number of carbonyl (C=O) groups excluding carboxylic acids is 1. The van der Waals surface area contributed by atoms with Gasteiger partial charge in [0.25, 0.3) is 6.01 Å². The molecule has 0 aromatic carbocycles. The molecule has 1 aromatic rings. The van der Waals surface area contributed by atoms with Gasteiger partial charge in [0.2, 0.25) is 0 Å². The van der Waals surface area contributed by atoms with E-state index in [9.17, 15) is 4.79 Å². The van der Waals surface area contributed by atoms with E-state index >= 15 is 0 Å². The molecule has 0 unspecified atom stereocenters. The monoisotopic (exact) mass is 331 g/mol. The second-order valence-corrected chi connectivity index (χ2v) is 6.22. The number of anilines is 1. The van der Waals surface area contributed by atoms with Crippen molar-refractivity contribution in [1.82, 2.24) is 9.88 Å². The Balaban J connectivity index is 1.87. The van der Waals surface area contributed by atoms with Gasteiger partial charge in [-0.05, 0) is 36.7 Å². The lowest BCUT2D eigenvalue weighted by molar-refractivity contribution is 0.0239. The number of nitrogens with zero attached hydrogens (tertiary/aromatic N) is 3. The molecular formula is C12H18BrN3O3. The average Bonchev–Trinajstić information content (AvgIpc) is 2.74. The molecule has 19 heavy (non-hydrogen) atoms. The first-order valence-corrected chi connectivity index (χ1v) is 6.98. The number of aromatic nitrogens is 1. The van der Waals surface area contributed by atoms with Crippen molar-refractivity contribution in [3.05, 3.63) is 10.9 Å². The number of hydrogen-bond donors (Lipinski definition) is 0. The van der Waals surface area contributed by atoms with Crippen LogP contribution in [0.4, 0.5) is 10.8 Å². The molecule has 0 atom stereocenters. The van der Waals surface area contributed by atoms with Crippen LogP contribution in [0.5, 0.6) is 0 Å². The Labute approximate surface area is 120 Å². The highest BCUT2D eigenvalue weighted by atomic mass is 79.9. The van der Waals surface area contributed by atoms with Crippen molar-refractivity contribution < 1.29 is 13.9 Å². The Hall–Kier alpha value is -1.24. The van der Waals surface area contributed by atoms with Gasteiger partial charge in [-0.15, -0.1) is 0 Å². The van der Waals surface area contributed by atoms with Crippen molar-refractivity contribution in [2.75, 3.05) is 31.1 Å². The molecule has 1 fully saturated rings. The van der Waals surface area contributed by atoms with Crippen molar-refractivity contribution in [2.45, 2.75) is 26.4 Å². The largest absolute Gasteiger partial charge is 0.444 e. The van der Waals surface area contributed by atoms with Crippen molar-refractivity contribution >= 4 is 28.0 Å². The Kier molecular flexibility index (Phi) is 4.03. The second-order valence-electron chi connectivity index (χ2n) is 5.41. The van der Waals surface area contributed by atoms with Crippen LogP contribution in [0.2, 0.25) is 0 Å². The standard InChI is InChI=1S/C12H18BrN3O3/c1-12(2,3)19-11(17)16-6-4-15(5-7-16)10-14-9(13)8-18-10/h8H,4-7H2,1-3H3. The van der Waals surface area contributed by atoms with Gasteiger partial charge >= 0.3 is 6.09 Å². The molecule has 2 rings (SSSR count). The first-order valence-electron chi connectivity index (χ1n) is 6.19. The number of ether oxygens (including phenoxy) is 1. The van der Waals surface area contributed by atoms with Gasteiger partial charge in [-0.3, -0.25) is 0 Å². The minimum Gasteiger partial charge on any atom is -0.444 e. The number of oxazole rings is 1. The Morgan fingerprint density at radius 1 is 1.37 bits per heavy atom. The summed E-state index contributed by atoms with van der Waals surface area (Å²) in [5.74, 6) is 0. The molecule has 0 N–H and O–H groups in total. The lowest BCUT2D eigenvalue weighted by Gasteiger charge is -2.34. The van der Waals surface area contributed by atoms with Crippen LogP contribution in [0.15, 0.2) is 15.3 Å². The zero-order chi connectivity index (χ0) is 14.0. The molecule has 1 amide bonds. The lowest BCUT2D eigenvalue weighted by Crippen LogP contribution is -2.50. The van der Waals surface area contributed by atoms with Gasteiger partial charge in [0, 0.05) is 26.2 Å². The number of rotatable bonds is 1. The summed E-state index contributed by atoms with van der Waals surface area (Å²) in [7, 11) is 0. The number of halogens is 1. The topological polar surface area (TPSA) is 58.8 Å². The van der Waals surface area contributed by atoms with Crippen LogP contribution in [-0.2, 0) is 4.74 Å². The predicted octanol–water partition coefficient (Wildman–Crippen LogP) is 2.49. The summed E-state index contributed by atoms with van der Waals surface area (Å²) in [6, 6.07) is 0.579. The van der Waals surface area contributed by atoms with Gasteiger partial charge in [-0.2, -0.15) is 4.98 Å². The highest BCUT2D eigenvalue weighted by molar-refractivity contribution is 9.10. The summed E-state index contributed by atoms with van der Waals surface area (Å²) in [5, 5.41) is 0. The average molecular weight is 332 g/mol. The minimum atomic E-state index is -0.457. The van der Waals surface area contributed by atoms with E-state index in [1.54, 1.807) is 11.2 Å². The molecule has 0 saturated carbocycles. The van der Waals surface area contributed by atoms with E-state index < -0.39 is 5.60 Å². The maximum Gasteiger partial charge on any atom is 0.410 e. The van der Waals surface area contributed by atoms with Crippen LogP contribution < -0.4 is 4.90 Å². The van der Waals surface area contributed by atoms with Gasteiger partial charge in [0.05, 0.1) is 0 Å². The summed E-state index contributed by atoms with van der Waals surface area (Å²) >= 11 is 3.25. The highest BCUT2D eigenvalue weighted by Gasteiger charge is 2.27. The number of amides is 1. The fraction of sp³-hybridized carbons (Fsp3) is 0.667. The quantitative estimate of drug-likeness (QED) is 0.791. The molecule has 1 aliphatic heterocycles. The van der Waals surface area contributed by atoms with Gasteiger partial charge < -0.3 is 19.0 Å². The van der Waals surface area contributed by atoms with E-state index in [-0.39, 0.29) is 6.09 Å². The van der Waals surface area contributed by atoms with Crippen molar-refractivity contribution in [3.63, 3.8) is 0 Å². The summed E-state index contributed by atoms with van der Waals surface area (Å²) in [5.41, 5.74) is -0.457. The van der Waals surface area contributed by atoms with Crippen LogP contribution in [-0.4, -0.2) is 47.8 Å². The Morgan fingerprint density at radius 2 is 2.00 bits per heavy atom. The van der Waals surface area contributed by atoms with Gasteiger partial charge in [-0.25, -0.2) is 4.79 Å². The van der Waals surface area contributed by atoms with Crippen LogP contribution in [0, 0.1) is 0 Å². The summed E-state index contributed by atoms with van der Waals surface area (Å²) in [6.45, 7) is 8.19. The van der Waals surface area contributed by atoms with Gasteiger partial charge in [0.15, 0.2) is 0 Å². The summed E-state index contributed by atoms with van der Waals surface area (Å²) in [4.78, 5) is 19.8. The SMILES string of the molecule is CC(C)(C)OC(=O)N1CCN(c2nc(Br)co2)CC1. The van der Waals surface area contributed by atoms with Crippen molar-refractivity contribution in [2.24, 2.45) is 0 Å². The molecule has 0 radical (unpaired) electrons. The third-order valence-corrected chi connectivity index (χ3v) is 3.03. The molecule has 1 aromatic heterocycles. The minimum absolute atomic E-state index is 0.263. The van der Waals surface area contributed by atoms with Gasteiger partial charge in [0.1, 0.15) is 16.5 Å². The van der Waals surface area contributed by atoms with Crippen LogP contribution >= 0.6 is 15.9 Å². The molecule has 0 aliphatic carbocycles. The van der Waals surface area contributed by atoms with Crippen molar-refractivity contribution in [1.29, 1.82) is 0 Å². The maximum atomic E-state index is 11.9. The summed E-state index contributed by atoms with van der Waals surface area (Å²) < 4.78 is 11.3. The second kappa shape index (κ2) is 5.40. The molecule has 2 heterocycles. The first kappa shape index (κ1) is 14.2. The third kappa shape index (κ3) is 3.86. The zero-order valence-electron chi connectivity index (χ0n) is 11.4. The summed E-state index contributed by atoms with van der Waals surface area (Å²) in [6.07, 6.45) is 1.29. The third-order valence-electron chi connectivity index (χ3n) is 2.67. The molecule has 0 bridgehead atoms. The maximum absolute atomic E-state index is 11.9. The molecule has 106 valence electrons. The normalized spacial score (nSPS) is 16.6. The fourth-order valence-electron chi connectivity index (χ4n) is 1.80. The van der Waals surface area contributed by atoms with Crippen LogP contribution in [0.25, 0.3) is 0 Å². The first-order chi connectivity index (χ1) is 8.85. The number of piperazine rings is 1. The van der Waals surface area contributed by atoms with Crippen molar-refractivity contribution in [3.8, 4) is 0 Å². The molecular weight excluding hydrogens is 314 g/mol. The van der Waals surface area contributed by atoms with Crippen LogP contribution in [0.1, 0.15) is 20.8 Å². The number of hydrogen-bond acceptors (Lipinski definition) is 5. The van der Waals surface area contributed by atoms with E-state index in [0.29, 0.717) is 36.8 Å². The highest BCUT2D eigenvalue weighted by Crippen LogP contribution is 2.19. The van der Waals surface area contributed by atoms with Gasteiger partial charge in [-0.1, -0.05) is 0 Å². The van der Waals surface area contributed by atoms with E-state index in [1.807, 2.05) is 25.7 Å². The lowest BCUT2D eigenvalue weighted by atomic mass is 10.2. The fourth-order valence-corrected chi connectivity index (χ4v) is 2.04. The molecule has 7 heteroatoms. The molecule has 6 nitrogen and oxygen atoms in total. The smallest absolute Gasteiger partial charge is 0.410 e. The zero-order valence-corrected chi connectivity index (χ0v) is 12.9. The van der Waals surface area contributed by atoms with E-state index in [1.165, 1.54) is 0 Å². The Bertz CT molecular complexity index is 447. The molecule has 1 saturated heterocycles. The molecule has 0 spiro atoms. The number of carbonyl (C=O) groups is 1. The molecule has 1 aliphatic rings. The Morgan fingerprint density at radius 3 is 2.47 bits per heavy atom. The predicted molar refractivity (Wildman–Crippen MR) is 74.2 cm³/mol.